The smallest absolute Gasteiger partial charge is 0.468 e. The van der Waals surface area contributed by atoms with Crippen LogP contribution in [0, 0.1) is 0 Å². The summed E-state index contributed by atoms with van der Waals surface area (Å²) >= 11 is 12.4. The van der Waals surface area contributed by atoms with Crippen LogP contribution in [0.15, 0.2) is 78.9 Å². The molecule has 25 heavy (non-hydrogen) atoms. The average Bonchev–Trinajstić information content (AvgIpc) is 2.65. The highest BCUT2D eigenvalue weighted by molar-refractivity contribution is 6.93. The molecule has 0 aliphatic heterocycles. The third kappa shape index (κ3) is 3.91. The van der Waals surface area contributed by atoms with E-state index in [0.29, 0.717) is 22.4 Å². The number of hydrogen-bond donors (Lipinski definition) is 0. The standard InChI is InChI=1S/C20H18Cl2O2Si/c1-2-23-25(17-9-5-3-6-10-17,18-11-7-4-8-12-18)24-20-14-13-16(21)15-19(20)22/h3-15H,2H2,1H3. The van der Waals surface area contributed by atoms with Gasteiger partial charge in [0.2, 0.25) is 0 Å². The lowest BCUT2D eigenvalue weighted by Crippen LogP contribution is -2.65. The second kappa shape index (κ2) is 8.06. The van der Waals surface area contributed by atoms with Crippen molar-refractivity contribution in [3.8, 4) is 5.75 Å². The van der Waals surface area contributed by atoms with Gasteiger partial charge in [0, 0.05) is 22.0 Å². The molecule has 0 heterocycles. The quantitative estimate of drug-likeness (QED) is 0.571. The number of benzene rings is 3. The van der Waals surface area contributed by atoms with Gasteiger partial charge >= 0.3 is 8.56 Å². The molecule has 0 saturated carbocycles. The van der Waals surface area contributed by atoms with Crippen molar-refractivity contribution in [2.45, 2.75) is 6.92 Å². The van der Waals surface area contributed by atoms with Crippen LogP contribution in [0.25, 0.3) is 0 Å². The Balaban J connectivity index is 2.16. The molecule has 2 nitrogen and oxygen atoms in total. The summed E-state index contributed by atoms with van der Waals surface area (Å²) in [5.74, 6) is 0.568. The van der Waals surface area contributed by atoms with Gasteiger partial charge in [-0.2, -0.15) is 0 Å². The molecule has 0 unspecified atom stereocenters. The van der Waals surface area contributed by atoms with Gasteiger partial charge in [-0.1, -0.05) is 83.9 Å². The summed E-state index contributed by atoms with van der Waals surface area (Å²) < 4.78 is 12.8. The Morgan fingerprint density at radius 2 is 1.36 bits per heavy atom. The van der Waals surface area contributed by atoms with Crippen molar-refractivity contribution < 1.29 is 8.85 Å². The minimum absolute atomic E-state index is 0.468. The van der Waals surface area contributed by atoms with E-state index >= 15 is 0 Å². The molecule has 3 aromatic rings. The maximum atomic E-state index is 6.53. The van der Waals surface area contributed by atoms with Crippen molar-refractivity contribution in [3.63, 3.8) is 0 Å². The Kier molecular flexibility index (Phi) is 5.81. The predicted octanol–water partition coefficient (Wildman–Crippen LogP) is 4.67. The lowest BCUT2D eigenvalue weighted by molar-refractivity contribution is 0.277. The maximum absolute atomic E-state index is 6.53. The van der Waals surface area contributed by atoms with Crippen LogP contribution in [0.1, 0.15) is 6.92 Å². The minimum atomic E-state index is -2.96. The molecule has 0 aliphatic rings. The first-order valence-electron chi connectivity index (χ1n) is 8.05. The summed E-state index contributed by atoms with van der Waals surface area (Å²) in [5, 5.41) is 3.08. The van der Waals surface area contributed by atoms with E-state index in [2.05, 4.69) is 0 Å². The average molecular weight is 389 g/mol. The van der Waals surface area contributed by atoms with Crippen molar-refractivity contribution in [2.24, 2.45) is 0 Å². The fraction of sp³-hybridized carbons (Fsp3) is 0.100. The molecule has 5 heteroatoms. The molecular weight excluding hydrogens is 371 g/mol. The first-order valence-corrected chi connectivity index (χ1v) is 10.6. The van der Waals surface area contributed by atoms with E-state index in [1.54, 1.807) is 18.2 Å². The van der Waals surface area contributed by atoms with Crippen molar-refractivity contribution in [3.05, 3.63) is 88.9 Å². The van der Waals surface area contributed by atoms with Crippen LogP contribution in [0.4, 0.5) is 0 Å². The van der Waals surface area contributed by atoms with Gasteiger partial charge in [-0.3, -0.25) is 0 Å². The first kappa shape index (κ1) is 18.0. The third-order valence-corrected chi connectivity index (χ3v) is 7.72. The van der Waals surface area contributed by atoms with Crippen LogP contribution in [0.5, 0.6) is 5.75 Å². The van der Waals surface area contributed by atoms with E-state index in [-0.39, 0.29) is 0 Å². The molecule has 0 spiro atoms. The van der Waals surface area contributed by atoms with E-state index in [9.17, 15) is 0 Å². The fourth-order valence-corrected chi connectivity index (χ4v) is 6.34. The van der Waals surface area contributed by atoms with Gasteiger partial charge in [0.1, 0.15) is 5.75 Å². The molecule has 0 amide bonds. The predicted molar refractivity (Wildman–Crippen MR) is 107 cm³/mol. The van der Waals surface area contributed by atoms with Gasteiger partial charge in [0.15, 0.2) is 0 Å². The molecule has 0 N–H and O–H groups in total. The molecule has 0 atom stereocenters. The van der Waals surface area contributed by atoms with E-state index < -0.39 is 8.56 Å². The highest BCUT2D eigenvalue weighted by Crippen LogP contribution is 2.30. The first-order chi connectivity index (χ1) is 12.2. The molecule has 0 aromatic heterocycles. The normalized spacial score (nSPS) is 11.3. The molecule has 0 fully saturated rings. The molecule has 0 saturated heterocycles. The topological polar surface area (TPSA) is 18.5 Å². The highest BCUT2D eigenvalue weighted by atomic mass is 35.5. The number of hydrogen-bond acceptors (Lipinski definition) is 2. The fourth-order valence-electron chi connectivity index (χ4n) is 2.71. The molecule has 0 radical (unpaired) electrons. The largest absolute Gasteiger partial charge is 0.513 e. The van der Waals surface area contributed by atoms with Crippen molar-refractivity contribution in [1.82, 2.24) is 0 Å². The molecule has 3 rings (SSSR count). The minimum Gasteiger partial charge on any atom is -0.513 e. The van der Waals surface area contributed by atoms with Gasteiger partial charge in [0.05, 0.1) is 5.02 Å². The Bertz CT molecular complexity index is 786. The Morgan fingerprint density at radius 1 is 0.800 bits per heavy atom. The zero-order valence-corrected chi connectivity index (χ0v) is 16.3. The molecular formula is C20H18Cl2O2Si. The van der Waals surface area contributed by atoms with E-state index in [1.165, 1.54) is 0 Å². The number of halogens is 2. The van der Waals surface area contributed by atoms with Crippen molar-refractivity contribution >= 4 is 42.1 Å². The van der Waals surface area contributed by atoms with E-state index in [1.807, 2.05) is 67.6 Å². The summed E-state index contributed by atoms with van der Waals surface area (Å²) in [6.45, 7) is 2.50. The summed E-state index contributed by atoms with van der Waals surface area (Å²) in [4.78, 5) is 0. The molecule has 0 aliphatic carbocycles. The van der Waals surface area contributed by atoms with Crippen molar-refractivity contribution in [2.75, 3.05) is 6.61 Å². The van der Waals surface area contributed by atoms with Crippen molar-refractivity contribution in [1.29, 1.82) is 0 Å². The Hall–Kier alpha value is -1.78. The zero-order valence-electron chi connectivity index (χ0n) is 13.8. The third-order valence-electron chi connectivity index (χ3n) is 3.80. The maximum Gasteiger partial charge on any atom is 0.468 e. The van der Waals surface area contributed by atoms with E-state index in [0.717, 1.165) is 10.4 Å². The van der Waals surface area contributed by atoms with Crippen LogP contribution in [-0.2, 0) is 4.43 Å². The lowest BCUT2D eigenvalue weighted by atomic mass is 10.3. The molecule has 0 bridgehead atoms. The van der Waals surface area contributed by atoms with Crippen LogP contribution < -0.4 is 14.8 Å². The van der Waals surface area contributed by atoms with Gasteiger partial charge in [-0.15, -0.1) is 0 Å². The monoisotopic (exact) mass is 388 g/mol. The Morgan fingerprint density at radius 3 is 1.84 bits per heavy atom. The highest BCUT2D eigenvalue weighted by Gasteiger charge is 2.45. The van der Waals surface area contributed by atoms with Gasteiger partial charge in [-0.05, 0) is 25.1 Å². The summed E-state index contributed by atoms with van der Waals surface area (Å²) in [6, 6.07) is 25.3. The second-order valence-electron chi connectivity index (χ2n) is 5.46. The van der Waals surface area contributed by atoms with Gasteiger partial charge < -0.3 is 8.85 Å². The van der Waals surface area contributed by atoms with Crippen LogP contribution in [0.3, 0.4) is 0 Å². The summed E-state index contributed by atoms with van der Waals surface area (Å²) in [7, 11) is -2.96. The number of rotatable bonds is 6. The zero-order chi connectivity index (χ0) is 17.7. The molecule has 128 valence electrons. The SMILES string of the molecule is CCO[Si](Oc1ccc(Cl)cc1Cl)(c1ccccc1)c1ccccc1. The van der Waals surface area contributed by atoms with E-state index in [4.69, 9.17) is 32.1 Å². The summed E-state index contributed by atoms with van der Waals surface area (Å²) in [5.41, 5.74) is 0. The van der Waals surface area contributed by atoms with Crippen LogP contribution >= 0.6 is 23.2 Å². The Labute approximate surface area is 159 Å². The molecule has 3 aromatic carbocycles. The lowest BCUT2D eigenvalue weighted by Gasteiger charge is -2.31. The van der Waals surface area contributed by atoms with Gasteiger partial charge in [0.25, 0.3) is 0 Å². The van der Waals surface area contributed by atoms with Gasteiger partial charge in [-0.25, -0.2) is 0 Å². The van der Waals surface area contributed by atoms with Crippen LogP contribution in [-0.4, -0.2) is 15.2 Å². The second-order valence-corrected chi connectivity index (χ2v) is 9.18. The van der Waals surface area contributed by atoms with Crippen LogP contribution in [0.2, 0.25) is 10.0 Å². The summed E-state index contributed by atoms with van der Waals surface area (Å²) in [6.07, 6.45) is 0.